The van der Waals surface area contributed by atoms with Crippen molar-refractivity contribution in [3.8, 4) is 0 Å². The van der Waals surface area contributed by atoms with Crippen LogP contribution in [-0.2, 0) is 19.8 Å². The van der Waals surface area contributed by atoms with Gasteiger partial charge in [-0.05, 0) is 30.9 Å². The normalized spacial score (nSPS) is 14.9. The van der Waals surface area contributed by atoms with Crippen molar-refractivity contribution >= 4 is 17.8 Å². The second-order valence-electron chi connectivity index (χ2n) is 11.8. The third-order valence-electron chi connectivity index (χ3n) is 6.61. The number of hydrogen-bond acceptors (Lipinski definition) is 5. The molecule has 0 spiro atoms. The number of carboxylic acid groups (broad SMARTS) is 1. The Balaban J connectivity index is 0.00000191. The molecule has 3 atom stereocenters. The lowest BCUT2D eigenvalue weighted by Crippen LogP contribution is -2.61. The molecule has 0 saturated heterocycles. The average Bonchev–Trinajstić information content (AvgIpc) is 2.84. The van der Waals surface area contributed by atoms with E-state index in [0.717, 1.165) is 11.1 Å². The number of rotatable bonds is 10. The number of benzene rings is 1. The number of hydrogen-bond donors (Lipinski definition) is 4. The zero-order valence-electron chi connectivity index (χ0n) is 25.2. The number of carboxylic acids is 1. The number of likely N-dealkylation sites (N-methyl/N-ethyl adjacent to an activating group) is 2. The first-order valence-electron chi connectivity index (χ1n) is 13.0. The SMILES string of the molecule is CN[C@H](C(=O)N[C@H](C(=O)N(C)[C@H](/C=C(\C)CO)C(C)C)C(C)(C)C)C(C)(C)c1ccccc1.O=C(O)C(F)(F)F. The summed E-state index contributed by atoms with van der Waals surface area (Å²) < 4.78 is 31.7. The van der Waals surface area contributed by atoms with Crippen molar-refractivity contribution in [1.29, 1.82) is 0 Å². The maximum atomic E-state index is 13.7. The lowest BCUT2D eigenvalue weighted by Gasteiger charge is -2.40. The summed E-state index contributed by atoms with van der Waals surface area (Å²) in [6, 6.07) is 8.49. The molecular formula is C29H46F3N3O5. The Morgan fingerprint density at radius 2 is 1.48 bits per heavy atom. The van der Waals surface area contributed by atoms with Crippen molar-refractivity contribution in [3.63, 3.8) is 0 Å². The van der Waals surface area contributed by atoms with Gasteiger partial charge in [0.2, 0.25) is 11.8 Å². The standard InChI is InChI=1S/C27H45N3O3.C2HF3O2/c1-18(2)21(16-19(3)17-31)30(10)25(33)23(26(4,5)6)29-24(32)22(28-9)27(7,8)20-14-12-11-13-15-20;3-2(4,5)1(6)7/h11-16,18,21-23,28,31H,17H2,1-10H3,(H,29,32);(H,6,7)/b19-16+;/t21-,22-,23-;/m1./s1. The first kappa shape index (κ1) is 37.1. The largest absolute Gasteiger partial charge is 0.490 e. The first-order chi connectivity index (χ1) is 18.1. The molecule has 0 unspecified atom stereocenters. The number of aliphatic hydroxyl groups excluding tert-OH is 1. The number of halogens is 3. The summed E-state index contributed by atoms with van der Waals surface area (Å²) in [5.41, 5.74) is 0.871. The van der Waals surface area contributed by atoms with Gasteiger partial charge in [0.25, 0.3) is 0 Å². The molecule has 1 aromatic rings. The van der Waals surface area contributed by atoms with Crippen molar-refractivity contribution in [2.45, 2.75) is 85.1 Å². The summed E-state index contributed by atoms with van der Waals surface area (Å²) in [6.07, 6.45) is -3.15. The van der Waals surface area contributed by atoms with Crippen LogP contribution in [0.2, 0.25) is 0 Å². The van der Waals surface area contributed by atoms with E-state index in [1.54, 1.807) is 19.0 Å². The molecule has 0 fully saturated rings. The summed E-state index contributed by atoms with van der Waals surface area (Å²) in [7, 11) is 3.54. The number of carbonyl (C=O) groups is 3. The van der Waals surface area contributed by atoms with Crippen LogP contribution in [0.25, 0.3) is 0 Å². The molecule has 4 N–H and O–H groups in total. The Kier molecular flexibility index (Phi) is 14.1. The summed E-state index contributed by atoms with van der Waals surface area (Å²) in [6.45, 7) is 15.8. The van der Waals surface area contributed by atoms with Gasteiger partial charge in [0.15, 0.2) is 0 Å². The molecule has 0 aliphatic heterocycles. The average molecular weight is 574 g/mol. The molecule has 11 heteroatoms. The zero-order chi connectivity index (χ0) is 31.6. The fourth-order valence-electron chi connectivity index (χ4n) is 4.17. The van der Waals surface area contributed by atoms with Crippen LogP contribution in [0, 0.1) is 11.3 Å². The molecule has 40 heavy (non-hydrogen) atoms. The number of alkyl halides is 3. The van der Waals surface area contributed by atoms with E-state index in [-0.39, 0.29) is 30.4 Å². The topological polar surface area (TPSA) is 119 Å². The molecule has 8 nitrogen and oxygen atoms in total. The first-order valence-corrected chi connectivity index (χ1v) is 13.0. The van der Waals surface area contributed by atoms with Gasteiger partial charge >= 0.3 is 12.1 Å². The molecule has 0 aromatic heterocycles. The summed E-state index contributed by atoms with van der Waals surface area (Å²) in [5, 5.41) is 22.8. The monoisotopic (exact) mass is 573 g/mol. The number of carbonyl (C=O) groups excluding carboxylic acids is 2. The summed E-state index contributed by atoms with van der Waals surface area (Å²) in [5.74, 6) is -2.97. The van der Waals surface area contributed by atoms with Crippen LogP contribution in [0.15, 0.2) is 42.0 Å². The lowest BCUT2D eigenvalue weighted by molar-refractivity contribution is -0.192. The highest BCUT2D eigenvalue weighted by atomic mass is 19.4. The molecule has 0 heterocycles. The van der Waals surface area contributed by atoms with Crippen molar-refractivity contribution in [2.75, 3.05) is 20.7 Å². The van der Waals surface area contributed by atoms with Gasteiger partial charge in [-0.25, -0.2) is 4.79 Å². The molecule has 0 aliphatic rings. The fraction of sp³-hybridized carbons (Fsp3) is 0.621. The van der Waals surface area contributed by atoms with E-state index in [1.165, 1.54) is 0 Å². The number of amides is 2. The molecule has 1 rings (SSSR count). The molecule has 228 valence electrons. The van der Waals surface area contributed by atoms with Gasteiger partial charge in [0.05, 0.1) is 18.7 Å². The van der Waals surface area contributed by atoms with Gasteiger partial charge in [0.1, 0.15) is 6.04 Å². The van der Waals surface area contributed by atoms with E-state index in [9.17, 15) is 27.9 Å². The van der Waals surface area contributed by atoms with Crippen LogP contribution in [0.4, 0.5) is 13.2 Å². The maximum Gasteiger partial charge on any atom is 0.490 e. The highest BCUT2D eigenvalue weighted by Gasteiger charge is 2.41. The number of nitrogens with one attached hydrogen (secondary N) is 2. The Morgan fingerprint density at radius 1 is 1.00 bits per heavy atom. The highest BCUT2D eigenvalue weighted by molar-refractivity contribution is 5.91. The minimum absolute atomic E-state index is 0.0525. The van der Waals surface area contributed by atoms with Gasteiger partial charge in [-0.3, -0.25) is 9.59 Å². The van der Waals surface area contributed by atoms with Crippen LogP contribution in [0.1, 0.15) is 61.0 Å². The van der Waals surface area contributed by atoms with Crippen molar-refractivity contribution in [2.24, 2.45) is 11.3 Å². The van der Waals surface area contributed by atoms with E-state index >= 15 is 0 Å². The van der Waals surface area contributed by atoms with Gasteiger partial charge < -0.3 is 25.7 Å². The molecule has 2 amide bonds. The summed E-state index contributed by atoms with van der Waals surface area (Å²) in [4.78, 5) is 37.8. The Labute approximate surface area is 236 Å². The third kappa shape index (κ3) is 10.9. The highest BCUT2D eigenvalue weighted by Crippen LogP contribution is 2.29. The summed E-state index contributed by atoms with van der Waals surface area (Å²) >= 11 is 0. The second-order valence-corrected chi connectivity index (χ2v) is 11.8. The third-order valence-corrected chi connectivity index (χ3v) is 6.61. The van der Waals surface area contributed by atoms with Gasteiger partial charge in [-0.15, -0.1) is 0 Å². The number of aliphatic carboxylic acids is 1. The van der Waals surface area contributed by atoms with Gasteiger partial charge in [-0.2, -0.15) is 13.2 Å². The minimum atomic E-state index is -5.08. The fourth-order valence-corrected chi connectivity index (χ4v) is 4.17. The van der Waals surface area contributed by atoms with Crippen LogP contribution in [0.5, 0.6) is 0 Å². The second kappa shape index (κ2) is 15.2. The van der Waals surface area contributed by atoms with E-state index in [2.05, 4.69) is 10.6 Å². The van der Waals surface area contributed by atoms with Crippen molar-refractivity contribution < 1.29 is 37.8 Å². The quantitative estimate of drug-likeness (QED) is 0.313. The van der Waals surface area contributed by atoms with E-state index in [0.29, 0.717) is 0 Å². The number of nitrogens with zero attached hydrogens (tertiary/aromatic N) is 1. The Morgan fingerprint density at radius 3 is 1.82 bits per heavy atom. The molecule has 0 radical (unpaired) electrons. The Bertz CT molecular complexity index is 1000. The molecule has 0 saturated carbocycles. The van der Waals surface area contributed by atoms with Gasteiger partial charge in [-0.1, -0.05) is 90.4 Å². The van der Waals surface area contributed by atoms with Gasteiger partial charge in [0, 0.05) is 12.5 Å². The van der Waals surface area contributed by atoms with Crippen LogP contribution < -0.4 is 10.6 Å². The smallest absolute Gasteiger partial charge is 0.475 e. The van der Waals surface area contributed by atoms with Crippen molar-refractivity contribution in [1.82, 2.24) is 15.5 Å². The predicted molar refractivity (Wildman–Crippen MR) is 150 cm³/mol. The number of aliphatic hydroxyl groups is 1. The van der Waals surface area contributed by atoms with Crippen LogP contribution in [0.3, 0.4) is 0 Å². The molecule has 0 bridgehead atoms. The van der Waals surface area contributed by atoms with Crippen molar-refractivity contribution in [3.05, 3.63) is 47.5 Å². The molecule has 0 aliphatic carbocycles. The van der Waals surface area contributed by atoms with E-state index in [1.807, 2.05) is 91.8 Å². The molecular weight excluding hydrogens is 527 g/mol. The van der Waals surface area contributed by atoms with Crippen LogP contribution in [-0.4, -0.2) is 77.9 Å². The minimum Gasteiger partial charge on any atom is -0.475 e. The van der Waals surface area contributed by atoms with Crippen LogP contribution >= 0.6 is 0 Å². The maximum absolute atomic E-state index is 13.7. The molecule has 1 aromatic carbocycles. The van der Waals surface area contributed by atoms with E-state index in [4.69, 9.17) is 9.90 Å². The Hall–Kier alpha value is -2.92. The van der Waals surface area contributed by atoms with E-state index < -0.39 is 35.1 Å². The zero-order valence-corrected chi connectivity index (χ0v) is 25.2. The lowest BCUT2D eigenvalue weighted by atomic mass is 9.76. The predicted octanol–water partition coefficient (Wildman–Crippen LogP) is 4.14.